The average molecular weight is 447 g/mol. The Hall–Kier alpha value is -2.29. The molecule has 0 fully saturated rings. The largest absolute Gasteiger partial charge is 0.380 e. The van der Waals surface area contributed by atoms with Crippen LogP contribution in [0, 0.1) is 13.8 Å². The lowest BCUT2D eigenvalue weighted by atomic mass is 10.0. The number of ether oxygens (including phenoxy) is 1. The van der Waals surface area contributed by atoms with Gasteiger partial charge >= 0.3 is 0 Å². The van der Waals surface area contributed by atoms with Gasteiger partial charge in [-0.2, -0.15) is 4.99 Å². The summed E-state index contributed by atoms with van der Waals surface area (Å²) in [5.74, 6) is -0.233. The molecule has 30 heavy (non-hydrogen) atoms. The molecule has 8 heteroatoms. The molecule has 1 heterocycles. The maximum Gasteiger partial charge on any atom is 0.252 e. The fourth-order valence-electron chi connectivity index (χ4n) is 3.19. The van der Waals surface area contributed by atoms with Crippen LogP contribution < -0.4 is 4.80 Å². The summed E-state index contributed by atoms with van der Waals surface area (Å²) in [5, 5.41) is 0. The van der Waals surface area contributed by atoms with E-state index in [0.29, 0.717) is 24.6 Å². The summed E-state index contributed by atoms with van der Waals surface area (Å²) in [6.45, 7) is 7.51. The number of rotatable bonds is 7. The topological polar surface area (TPSA) is 77.7 Å². The number of hydrogen-bond acceptors (Lipinski definition) is 5. The molecule has 0 saturated carbocycles. The van der Waals surface area contributed by atoms with E-state index in [-0.39, 0.29) is 17.2 Å². The van der Waals surface area contributed by atoms with E-state index in [2.05, 4.69) is 4.99 Å². The van der Waals surface area contributed by atoms with E-state index in [9.17, 15) is 13.2 Å². The monoisotopic (exact) mass is 446 g/mol. The van der Waals surface area contributed by atoms with Crippen molar-refractivity contribution in [3.8, 4) is 0 Å². The van der Waals surface area contributed by atoms with Crippen LogP contribution in [0.15, 0.2) is 46.3 Å². The Bertz CT molecular complexity index is 1250. The van der Waals surface area contributed by atoms with Gasteiger partial charge < -0.3 is 9.30 Å². The van der Waals surface area contributed by atoms with E-state index >= 15 is 0 Å². The zero-order chi connectivity index (χ0) is 21.9. The molecule has 0 aliphatic heterocycles. The SMILES string of the molecule is CCOCCn1c(=NC(=O)Cc2cc(C)ccc2C)sc2cc(S(C)(=O)=O)ccc21. The predicted octanol–water partition coefficient (Wildman–Crippen LogP) is 3.43. The lowest BCUT2D eigenvalue weighted by Crippen LogP contribution is -2.20. The minimum absolute atomic E-state index is 0.224. The Balaban J connectivity index is 2.04. The number of thiazole rings is 1. The molecule has 0 aliphatic rings. The van der Waals surface area contributed by atoms with Gasteiger partial charge in [-0.25, -0.2) is 8.42 Å². The van der Waals surface area contributed by atoms with Crippen molar-refractivity contribution in [2.45, 2.75) is 38.6 Å². The number of hydrogen-bond donors (Lipinski definition) is 0. The third kappa shape index (κ3) is 5.24. The number of aryl methyl sites for hydroxylation is 2. The molecule has 0 radical (unpaired) electrons. The summed E-state index contributed by atoms with van der Waals surface area (Å²) in [5.41, 5.74) is 3.96. The van der Waals surface area contributed by atoms with Crippen molar-refractivity contribution in [2.75, 3.05) is 19.5 Å². The van der Waals surface area contributed by atoms with E-state index in [1.807, 2.05) is 43.5 Å². The van der Waals surface area contributed by atoms with Crippen LogP contribution in [-0.4, -0.2) is 38.4 Å². The highest BCUT2D eigenvalue weighted by molar-refractivity contribution is 7.90. The summed E-state index contributed by atoms with van der Waals surface area (Å²) in [6, 6.07) is 11.0. The number of aromatic nitrogens is 1. The Kier molecular flexibility index (Phi) is 6.90. The molecule has 0 unspecified atom stereocenters. The van der Waals surface area contributed by atoms with E-state index in [0.717, 1.165) is 26.9 Å². The molecule has 160 valence electrons. The van der Waals surface area contributed by atoms with Gasteiger partial charge in [-0.15, -0.1) is 0 Å². The van der Waals surface area contributed by atoms with Gasteiger partial charge in [-0.1, -0.05) is 35.1 Å². The van der Waals surface area contributed by atoms with Gasteiger partial charge in [0.1, 0.15) is 0 Å². The van der Waals surface area contributed by atoms with Gasteiger partial charge in [0.05, 0.1) is 28.1 Å². The molecule has 0 spiro atoms. The summed E-state index contributed by atoms with van der Waals surface area (Å²) in [6.07, 6.45) is 1.41. The van der Waals surface area contributed by atoms with Crippen LogP contribution in [-0.2, 0) is 32.3 Å². The number of carbonyl (C=O) groups is 1. The van der Waals surface area contributed by atoms with Crippen LogP contribution in [0.4, 0.5) is 0 Å². The maximum absolute atomic E-state index is 12.7. The van der Waals surface area contributed by atoms with Crippen molar-refractivity contribution in [1.82, 2.24) is 4.57 Å². The highest BCUT2D eigenvalue weighted by Crippen LogP contribution is 2.22. The van der Waals surface area contributed by atoms with Crippen molar-refractivity contribution in [3.63, 3.8) is 0 Å². The number of amides is 1. The molecule has 0 atom stereocenters. The first-order chi connectivity index (χ1) is 14.2. The zero-order valence-corrected chi connectivity index (χ0v) is 19.3. The van der Waals surface area contributed by atoms with Gasteiger partial charge in [0, 0.05) is 19.4 Å². The predicted molar refractivity (Wildman–Crippen MR) is 120 cm³/mol. The molecular formula is C22H26N2O4S2. The van der Waals surface area contributed by atoms with Gasteiger partial charge in [0.25, 0.3) is 5.91 Å². The van der Waals surface area contributed by atoms with Crippen LogP contribution in [0.5, 0.6) is 0 Å². The van der Waals surface area contributed by atoms with Crippen LogP contribution in [0.3, 0.4) is 0 Å². The van der Waals surface area contributed by atoms with Crippen molar-refractivity contribution >= 4 is 37.3 Å². The second-order valence-electron chi connectivity index (χ2n) is 7.25. The Morgan fingerprint density at radius 3 is 2.63 bits per heavy atom. The number of carbonyl (C=O) groups excluding carboxylic acids is 1. The average Bonchev–Trinajstić information content (AvgIpc) is 3.00. The molecule has 1 amide bonds. The van der Waals surface area contributed by atoms with Crippen LogP contribution >= 0.6 is 11.3 Å². The summed E-state index contributed by atoms with van der Waals surface area (Å²) < 4.78 is 32.0. The number of sulfone groups is 1. The molecule has 0 aliphatic carbocycles. The van der Waals surface area contributed by atoms with Gasteiger partial charge in [-0.05, 0) is 50.1 Å². The number of fused-ring (bicyclic) bond motifs is 1. The van der Waals surface area contributed by atoms with Crippen molar-refractivity contribution in [2.24, 2.45) is 4.99 Å². The van der Waals surface area contributed by atoms with Crippen LogP contribution in [0.25, 0.3) is 10.2 Å². The second kappa shape index (κ2) is 9.24. The standard InChI is InChI=1S/C22H26N2O4S2/c1-5-28-11-10-24-19-9-8-18(30(4,26)27)14-20(19)29-22(24)23-21(25)13-17-12-15(2)6-7-16(17)3/h6-9,12,14H,5,10-11,13H2,1-4H3. The Morgan fingerprint density at radius 1 is 1.17 bits per heavy atom. The van der Waals surface area contributed by atoms with Gasteiger partial charge in [0.15, 0.2) is 14.6 Å². The van der Waals surface area contributed by atoms with Crippen molar-refractivity contribution in [1.29, 1.82) is 0 Å². The molecule has 1 aromatic heterocycles. The molecule has 3 rings (SSSR count). The van der Waals surface area contributed by atoms with Gasteiger partial charge in [-0.3, -0.25) is 4.79 Å². The minimum atomic E-state index is -3.32. The highest BCUT2D eigenvalue weighted by atomic mass is 32.2. The maximum atomic E-state index is 12.7. The minimum Gasteiger partial charge on any atom is -0.380 e. The molecule has 0 bridgehead atoms. The molecule has 2 aromatic carbocycles. The Morgan fingerprint density at radius 2 is 1.93 bits per heavy atom. The van der Waals surface area contributed by atoms with Crippen molar-refractivity contribution in [3.05, 3.63) is 57.9 Å². The third-order valence-electron chi connectivity index (χ3n) is 4.81. The summed E-state index contributed by atoms with van der Waals surface area (Å²) >= 11 is 1.31. The first kappa shape index (κ1) is 22.4. The second-order valence-corrected chi connectivity index (χ2v) is 10.3. The van der Waals surface area contributed by atoms with E-state index in [4.69, 9.17) is 4.74 Å². The fraction of sp³-hybridized carbons (Fsp3) is 0.364. The van der Waals surface area contributed by atoms with Gasteiger partial charge in [0.2, 0.25) is 0 Å². The number of benzene rings is 2. The molecule has 3 aromatic rings. The normalized spacial score (nSPS) is 12.6. The fourth-order valence-corrected chi connectivity index (χ4v) is 5.02. The van der Waals surface area contributed by atoms with Crippen LogP contribution in [0.1, 0.15) is 23.6 Å². The first-order valence-electron chi connectivity index (χ1n) is 9.74. The molecular weight excluding hydrogens is 420 g/mol. The quantitative estimate of drug-likeness (QED) is 0.521. The lowest BCUT2D eigenvalue weighted by molar-refractivity contribution is -0.117. The third-order valence-corrected chi connectivity index (χ3v) is 6.96. The molecule has 0 N–H and O–H groups in total. The summed E-state index contributed by atoms with van der Waals surface area (Å²) in [7, 11) is -3.32. The van der Waals surface area contributed by atoms with Crippen LogP contribution in [0.2, 0.25) is 0 Å². The smallest absolute Gasteiger partial charge is 0.252 e. The first-order valence-corrected chi connectivity index (χ1v) is 12.4. The number of nitrogens with zero attached hydrogens (tertiary/aromatic N) is 2. The molecule has 0 saturated heterocycles. The van der Waals surface area contributed by atoms with E-state index in [1.54, 1.807) is 18.2 Å². The molecule has 6 nitrogen and oxygen atoms in total. The van der Waals surface area contributed by atoms with E-state index < -0.39 is 9.84 Å². The zero-order valence-electron chi connectivity index (χ0n) is 17.6. The Labute approximate surface area is 180 Å². The van der Waals surface area contributed by atoms with Crippen molar-refractivity contribution < 1.29 is 17.9 Å². The highest BCUT2D eigenvalue weighted by Gasteiger charge is 2.13. The summed E-state index contributed by atoms with van der Waals surface area (Å²) in [4.78, 5) is 17.9. The lowest BCUT2D eigenvalue weighted by Gasteiger charge is -2.06. The van der Waals surface area contributed by atoms with E-state index in [1.165, 1.54) is 17.6 Å².